The lowest BCUT2D eigenvalue weighted by molar-refractivity contribution is -0.141. The lowest BCUT2D eigenvalue weighted by atomic mass is 9.90. The number of hydrogen-bond acceptors (Lipinski definition) is 11. The lowest BCUT2D eigenvalue weighted by Gasteiger charge is -2.35. The Kier molecular flexibility index (Phi) is 17.7. The first-order valence-corrected chi connectivity index (χ1v) is 11.3. The lowest BCUT2D eigenvalue weighted by Crippen LogP contribution is -2.45. The minimum absolute atomic E-state index is 0.00231. The van der Waals surface area contributed by atoms with Crippen LogP contribution in [0, 0.1) is 10.8 Å². The molecular weight excluding hydrogens is 440 g/mol. The van der Waals surface area contributed by atoms with Gasteiger partial charge in [-0.15, -0.1) is 0 Å². The minimum atomic E-state index is -0.966. The van der Waals surface area contributed by atoms with Gasteiger partial charge in [-0.1, -0.05) is 0 Å². The van der Waals surface area contributed by atoms with Crippen molar-refractivity contribution in [3.63, 3.8) is 0 Å². The average molecular weight is 487 g/mol. The van der Waals surface area contributed by atoms with Crippen LogP contribution >= 0.6 is 0 Å². The zero-order valence-electron chi connectivity index (χ0n) is 20.5. The van der Waals surface area contributed by atoms with Crippen LogP contribution in [0.1, 0.15) is 27.7 Å². The molecule has 0 aliphatic rings. The molecule has 0 fully saturated rings. The zero-order chi connectivity index (χ0) is 25.3. The highest BCUT2D eigenvalue weighted by Crippen LogP contribution is 2.24. The summed E-state index contributed by atoms with van der Waals surface area (Å²) in [6, 6.07) is 0. The van der Waals surface area contributed by atoms with Crippen LogP contribution in [0.5, 0.6) is 0 Å². The minimum Gasteiger partial charge on any atom is -0.396 e. The molecule has 0 rings (SSSR count). The van der Waals surface area contributed by atoms with Gasteiger partial charge in [0.2, 0.25) is 0 Å². The van der Waals surface area contributed by atoms with Crippen LogP contribution in [0.3, 0.4) is 0 Å². The number of aliphatic hydroxyl groups excluding tert-OH is 6. The maximum Gasteiger partial charge on any atom is 0.0745 e. The predicted octanol–water partition coefficient (Wildman–Crippen LogP) is -1.45. The van der Waals surface area contributed by atoms with Crippen LogP contribution in [-0.4, -0.2) is 134 Å². The Morgan fingerprint density at radius 1 is 0.455 bits per heavy atom. The van der Waals surface area contributed by atoms with E-state index in [4.69, 9.17) is 23.7 Å². The van der Waals surface area contributed by atoms with Crippen molar-refractivity contribution >= 4 is 0 Å². The highest BCUT2D eigenvalue weighted by Gasteiger charge is 2.36. The van der Waals surface area contributed by atoms with Crippen LogP contribution in [0.4, 0.5) is 0 Å². The summed E-state index contributed by atoms with van der Waals surface area (Å²) in [6.07, 6.45) is -2.72. The van der Waals surface area contributed by atoms with E-state index in [2.05, 4.69) is 0 Å². The summed E-state index contributed by atoms with van der Waals surface area (Å²) in [6.45, 7) is 6.07. The molecule has 0 heterocycles. The molecule has 0 aromatic carbocycles. The Balaban J connectivity index is 5.19. The van der Waals surface area contributed by atoms with Crippen molar-refractivity contribution in [1.29, 1.82) is 0 Å². The second kappa shape index (κ2) is 17.9. The van der Waals surface area contributed by atoms with E-state index in [0.717, 1.165) is 0 Å². The molecule has 4 atom stereocenters. The molecule has 6 N–H and O–H groups in total. The van der Waals surface area contributed by atoms with Gasteiger partial charge in [0.15, 0.2) is 0 Å². The second-order valence-corrected chi connectivity index (χ2v) is 9.27. The van der Waals surface area contributed by atoms with E-state index in [1.165, 1.54) is 0 Å². The summed E-state index contributed by atoms with van der Waals surface area (Å²) in [5, 5.41) is 58.0. The van der Waals surface area contributed by atoms with Gasteiger partial charge in [0.05, 0.1) is 115 Å². The first-order valence-electron chi connectivity index (χ1n) is 11.3. The molecule has 4 unspecified atom stereocenters. The topological polar surface area (TPSA) is 168 Å². The molecule has 11 nitrogen and oxygen atoms in total. The van der Waals surface area contributed by atoms with E-state index < -0.39 is 35.2 Å². The standard InChI is InChI=1S/C22H46O11/c1-17(25)5-29-11-21(9-23,12-30-6-18(2)26)15-33-16-22(10-24,13-31-7-19(3)27)14-32-8-20(4)28/h17-20,23-28H,5-16H2,1-4H3. The van der Waals surface area contributed by atoms with E-state index in [-0.39, 0.29) is 79.3 Å². The van der Waals surface area contributed by atoms with Gasteiger partial charge in [0.1, 0.15) is 0 Å². The van der Waals surface area contributed by atoms with Crippen molar-refractivity contribution in [3.05, 3.63) is 0 Å². The summed E-state index contributed by atoms with van der Waals surface area (Å²) in [5.74, 6) is 0. The first kappa shape index (κ1) is 32.6. The molecule has 0 saturated heterocycles. The SMILES string of the molecule is CC(O)COCC(CO)(COCC(C)O)COCC(CO)(COCC(C)O)COCC(C)O. The molecule has 0 aliphatic carbocycles. The van der Waals surface area contributed by atoms with Crippen molar-refractivity contribution in [2.75, 3.05) is 79.3 Å². The highest BCUT2D eigenvalue weighted by molar-refractivity contribution is 4.82. The van der Waals surface area contributed by atoms with E-state index in [0.29, 0.717) is 0 Å². The Morgan fingerprint density at radius 2 is 0.667 bits per heavy atom. The Morgan fingerprint density at radius 3 is 0.848 bits per heavy atom. The molecule has 0 spiro atoms. The molecule has 0 aromatic heterocycles. The van der Waals surface area contributed by atoms with Gasteiger partial charge in [0, 0.05) is 0 Å². The Bertz CT molecular complexity index is 390. The molecule has 0 saturated carbocycles. The van der Waals surface area contributed by atoms with Gasteiger partial charge in [-0.25, -0.2) is 0 Å². The van der Waals surface area contributed by atoms with Crippen LogP contribution in [0.25, 0.3) is 0 Å². The Hall–Kier alpha value is -0.440. The fourth-order valence-electron chi connectivity index (χ4n) is 2.79. The van der Waals surface area contributed by atoms with Gasteiger partial charge in [-0.3, -0.25) is 0 Å². The van der Waals surface area contributed by atoms with E-state index in [1.54, 1.807) is 27.7 Å². The second-order valence-electron chi connectivity index (χ2n) is 9.27. The molecular formula is C22H46O11. The smallest absolute Gasteiger partial charge is 0.0745 e. The van der Waals surface area contributed by atoms with Crippen LogP contribution < -0.4 is 0 Å². The number of ether oxygens (including phenoxy) is 5. The van der Waals surface area contributed by atoms with Crippen molar-refractivity contribution in [2.24, 2.45) is 10.8 Å². The largest absolute Gasteiger partial charge is 0.396 e. The summed E-state index contributed by atoms with van der Waals surface area (Å²) in [4.78, 5) is 0. The van der Waals surface area contributed by atoms with Crippen molar-refractivity contribution in [2.45, 2.75) is 52.1 Å². The molecule has 0 bridgehead atoms. The maximum absolute atomic E-state index is 10.1. The van der Waals surface area contributed by atoms with Crippen molar-refractivity contribution in [1.82, 2.24) is 0 Å². The van der Waals surface area contributed by atoms with Crippen molar-refractivity contribution < 1.29 is 54.3 Å². The molecule has 0 amide bonds. The van der Waals surface area contributed by atoms with Crippen LogP contribution in [0.15, 0.2) is 0 Å². The predicted molar refractivity (Wildman–Crippen MR) is 120 cm³/mol. The van der Waals surface area contributed by atoms with E-state index in [1.807, 2.05) is 0 Å². The summed E-state index contributed by atoms with van der Waals surface area (Å²) in [7, 11) is 0. The van der Waals surface area contributed by atoms with Gasteiger partial charge < -0.3 is 54.3 Å². The third-order valence-corrected chi connectivity index (χ3v) is 4.56. The Labute approximate surface area is 197 Å². The van der Waals surface area contributed by atoms with Crippen LogP contribution in [0.2, 0.25) is 0 Å². The van der Waals surface area contributed by atoms with E-state index >= 15 is 0 Å². The quantitative estimate of drug-likeness (QED) is 0.106. The summed E-state index contributed by atoms with van der Waals surface area (Å²) in [5.41, 5.74) is -1.93. The van der Waals surface area contributed by atoms with Gasteiger partial charge in [0.25, 0.3) is 0 Å². The van der Waals surface area contributed by atoms with Crippen molar-refractivity contribution in [3.8, 4) is 0 Å². The van der Waals surface area contributed by atoms with Gasteiger partial charge in [-0.2, -0.15) is 0 Å². The molecule has 0 aliphatic heterocycles. The monoisotopic (exact) mass is 486 g/mol. The number of hydrogen-bond donors (Lipinski definition) is 6. The summed E-state index contributed by atoms with van der Waals surface area (Å²) >= 11 is 0. The number of aliphatic hydroxyl groups is 6. The fourth-order valence-corrected chi connectivity index (χ4v) is 2.79. The van der Waals surface area contributed by atoms with Crippen LogP contribution in [-0.2, 0) is 23.7 Å². The first-order chi connectivity index (χ1) is 15.5. The molecule has 0 aromatic rings. The third kappa shape index (κ3) is 16.0. The van der Waals surface area contributed by atoms with Gasteiger partial charge >= 0.3 is 0 Å². The van der Waals surface area contributed by atoms with E-state index in [9.17, 15) is 30.6 Å². The fraction of sp³-hybridized carbons (Fsp3) is 1.00. The highest BCUT2D eigenvalue weighted by atomic mass is 16.5. The number of rotatable bonds is 22. The molecule has 33 heavy (non-hydrogen) atoms. The average Bonchev–Trinajstić information content (AvgIpc) is 2.71. The zero-order valence-corrected chi connectivity index (χ0v) is 20.5. The molecule has 11 heteroatoms. The summed E-state index contributed by atoms with van der Waals surface area (Å²) < 4.78 is 27.9. The molecule has 0 radical (unpaired) electrons. The molecule has 200 valence electrons. The normalized spacial score (nSPS) is 19.5. The third-order valence-electron chi connectivity index (χ3n) is 4.56. The van der Waals surface area contributed by atoms with Gasteiger partial charge in [-0.05, 0) is 27.7 Å². The maximum atomic E-state index is 10.1.